The number of carbonyl (C=O) groups is 1. The molecule has 120 valence electrons. The largest absolute Gasteiger partial charge is 0.493 e. The molecule has 0 fully saturated rings. The average molecular weight is 335 g/mol. The van der Waals surface area contributed by atoms with E-state index in [1.165, 1.54) is 0 Å². The summed E-state index contributed by atoms with van der Waals surface area (Å²) in [5.74, 6) is 0.641. The Hall–Kier alpha value is -0.970. The maximum absolute atomic E-state index is 11.7. The molecule has 0 aliphatic carbocycles. The molecule has 1 aromatic rings. The second-order valence-electron chi connectivity index (χ2n) is 5.05. The van der Waals surface area contributed by atoms with E-state index < -0.39 is 0 Å². The van der Waals surface area contributed by atoms with Crippen molar-refractivity contribution in [2.75, 3.05) is 13.2 Å². The third kappa shape index (κ3) is 7.02. The van der Waals surface area contributed by atoms with Gasteiger partial charge in [-0.05, 0) is 44.0 Å². The number of nitrogens with two attached hydrogens (primary N) is 1. The van der Waals surface area contributed by atoms with Crippen LogP contribution in [0.4, 0.5) is 0 Å². The maximum Gasteiger partial charge on any atom is 0.224 e. The van der Waals surface area contributed by atoms with E-state index in [4.69, 9.17) is 22.1 Å². The van der Waals surface area contributed by atoms with Crippen LogP contribution in [0.15, 0.2) is 18.2 Å². The molecule has 2 atom stereocenters. The van der Waals surface area contributed by atoms with E-state index in [9.17, 15) is 4.79 Å². The zero-order chi connectivity index (χ0) is 15.1. The van der Waals surface area contributed by atoms with Crippen LogP contribution in [0, 0.1) is 12.8 Å². The molecule has 4 nitrogen and oxygen atoms in total. The lowest BCUT2D eigenvalue weighted by molar-refractivity contribution is -0.124. The molecular weight excluding hydrogens is 311 g/mol. The van der Waals surface area contributed by atoms with Crippen LogP contribution in [0.25, 0.3) is 0 Å². The number of benzene rings is 1. The summed E-state index contributed by atoms with van der Waals surface area (Å²) in [4.78, 5) is 11.7. The summed E-state index contributed by atoms with van der Waals surface area (Å²) in [5.41, 5.74) is 6.68. The predicted octanol–water partition coefficient (Wildman–Crippen LogP) is 2.94. The Balaban J connectivity index is 0.00000400. The van der Waals surface area contributed by atoms with E-state index in [-0.39, 0.29) is 30.3 Å². The summed E-state index contributed by atoms with van der Waals surface area (Å²) >= 11 is 5.88. The molecule has 0 heterocycles. The smallest absolute Gasteiger partial charge is 0.224 e. The van der Waals surface area contributed by atoms with Gasteiger partial charge in [0.05, 0.1) is 6.61 Å². The van der Waals surface area contributed by atoms with Gasteiger partial charge in [-0.25, -0.2) is 0 Å². The number of amides is 1. The number of ether oxygens (including phenoxy) is 1. The normalized spacial score (nSPS) is 13.0. The van der Waals surface area contributed by atoms with Crippen LogP contribution in [-0.2, 0) is 4.79 Å². The Morgan fingerprint density at radius 1 is 1.43 bits per heavy atom. The van der Waals surface area contributed by atoms with Gasteiger partial charge in [0.25, 0.3) is 0 Å². The molecule has 0 spiro atoms. The van der Waals surface area contributed by atoms with Crippen LogP contribution in [-0.4, -0.2) is 25.1 Å². The van der Waals surface area contributed by atoms with Gasteiger partial charge < -0.3 is 15.8 Å². The van der Waals surface area contributed by atoms with Crippen LogP contribution in [0.2, 0.25) is 5.02 Å². The highest BCUT2D eigenvalue weighted by atomic mass is 35.5. The molecule has 0 aromatic heterocycles. The zero-order valence-electron chi connectivity index (χ0n) is 12.7. The van der Waals surface area contributed by atoms with Gasteiger partial charge in [-0.3, -0.25) is 4.79 Å². The number of hydrogen-bond donors (Lipinski definition) is 2. The lowest BCUT2D eigenvalue weighted by Crippen LogP contribution is -2.39. The third-order valence-corrected chi connectivity index (χ3v) is 3.45. The molecule has 0 saturated carbocycles. The third-order valence-electron chi connectivity index (χ3n) is 3.22. The zero-order valence-corrected chi connectivity index (χ0v) is 14.3. The quantitative estimate of drug-likeness (QED) is 0.753. The van der Waals surface area contributed by atoms with Crippen LogP contribution in [0.3, 0.4) is 0 Å². The molecule has 2 unspecified atom stereocenters. The van der Waals surface area contributed by atoms with Crippen molar-refractivity contribution >= 4 is 29.9 Å². The van der Waals surface area contributed by atoms with Crippen molar-refractivity contribution in [1.29, 1.82) is 0 Å². The van der Waals surface area contributed by atoms with Gasteiger partial charge in [-0.1, -0.05) is 18.5 Å². The topological polar surface area (TPSA) is 64.3 Å². The Morgan fingerprint density at radius 2 is 2.10 bits per heavy atom. The minimum Gasteiger partial charge on any atom is -0.493 e. The number of aryl methyl sites for hydroxylation is 1. The van der Waals surface area contributed by atoms with Crippen LogP contribution in [0.5, 0.6) is 5.75 Å². The molecule has 0 saturated heterocycles. The summed E-state index contributed by atoms with van der Waals surface area (Å²) in [6.07, 6.45) is 0.749. The molecule has 21 heavy (non-hydrogen) atoms. The van der Waals surface area contributed by atoms with Crippen LogP contribution >= 0.6 is 24.0 Å². The average Bonchev–Trinajstić information content (AvgIpc) is 2.39. The van der Waals surface area contributed by atoms with Crippen molar-refractivity contribution in [2.45, 2.75) is 33.2 Å². The highest BCUT2D eigenvalue weighted by Gasteiger charge is 2.15. The van der Waals surface area contributed by atoms with Crippen molar-refractivity contribution in [2.24, 2.45) is 11.7 Å². The molecule has 0 bridgehead atoms. The monoisotopic (exact) mass is 334 g/mol. The molecule has 6 heteroatoms. The van der Waals surface area contributed by atoms with Crippen LogP contribution < -0.4 is 15.8 Å². The number of halogens is 2. The fourth-order valence-corrected chi connectivity index (χ4v) is 1.87. The van der Waals surface area contributed by atoms with Gasteiger partial charge in [0.15, 0.2) is 0 Å². The molecule has 3 N–H and O–H groups in total. The lowest BCUT2D eigenvalue weighted by atomic mass is 10.0. The summed E-state index contributed by atoms with van der Waals surface area (Å²) < 4.78 is 5.65. The number of rotatable bonds is 7. The first-order valence-corrected chi connectivity index (χ1v) is 7.22. The molecule has 1 aromatic carbocycles. The number of nitrogens with one attached hydrogen (secondary N) is 1. The van der Waals surface area contributed by atoms with E-state index in [1.807, 2.05) is 32.9 Å². The standard InChI is InChI=1S/C15H23ClN2O2.ClH/c1-10-9-13(16)5-6-14(10)20-8-4-7-18-15(19)11(2)12(3)17;/h5-6,9,11-12H,4,7-8,17H2,1-3H3,(H,18,19);1H. The number of carbonyl (C=O) groups excluding carboxylic acids is 1. The van der Waals surface area contributed by atoms with Crippen molar-refractivity contribution in [3.05, 3.63) is 28.8 Å². The maximum atomic E-state index is 11.7. The molecule has 0 radical (unpaired) electrons. The van der Waals surface area contributed by atoms with E-state index >= 15 is 0 Å². The highest BCUT2D eigenvalue weighted by Crippen LogP contribution is 2.21. The SMILES string of the molecule is Cc1cc(Cl)ccc1OCCCNC(=O)C(C)C(C)N.Cl. The Labute approximate surface area is 137 Å². The van der Waals surface area contributed by atoms with Gasteiger partial charge in [-0.15, -0.1) is 12.4 Å². The lowest BCUT2D eigenvalue weighted by Gasteiger charge is -2.15. The van der Waals surface area contributed by atoms with Crippen molar-refractivity contribution < 1.29 is 9.53 Å². The Morgan fingerprint density at radius 3 is 2.67 bits per heavy atom. The minimum atomic E-state index is -0.172. The van der Waals surface area contributed by atoms with Crippen molar-refractivity contribution in [3.8, 4) is 5.75 Å². The minimum absolute atomic E-state index is 0. The van der Waals surface area contributed by atoms with Crippen LogP contribution in [0.1, 0.15) is 25.8 Å². The second-order valence-corrected chi connectivity index (χ2v) is 5.49. The summed E-state index contributed by atoms with van der Waals surface area (Å²) in [6.45, 7) is 6.75. The van der Waals surface area contributed by atoms with Gasteiger partial charge in [0, 0.05) is 23.5 Å². The molecular formula is C15H24Cl2N2O2. The Kier molecular flexibility index (Phi) is 9.42. The molecule has 1 rings (SSSR count). The van der Waals surface area contributed by atoms with E-state index in [0.717, 1.165) is 17.7 Å². The second kappa shape index (κ2) is 9.87. The predicted molar refractivity (Wildman–Crippen MR) is 89.4 cm³/mol. The van der Waals surface area contributed by atoms with Crippen molar-refractivity contribution in [1.82, 2.24) is 5.32 Å². The summed E-state index contributed by atoms with van der Waals surface area (Å²) in [6, 6.07) is 5.39. The first kappa shape index (κ1) is 20.0. The molecule has 0 aliphatic rings. The van der Waals surface area contributed by atoms with E-state index in [2.05, 4.69) is 5.32 Å². The first-order valence-electron chi connectivity index (χ1n) is 6.84. The van der Waals surface area contributed by atoms with E-state index in [1.54, 1.807) is 6.07 Å². The van der Waals surface area contributed by atoms with Gasteiger partial charge in [-0.2, -0.15) is 0 Å². The summed E-state index contributed by atoms with van der Waals surface area (Å²) in [7, 11) is 0. The fraction of sp³-hybridized carbons (Fsp3) is 0.533. The van der Waals surface area contributed by atoms with Crippen molar-refractivity contribution in [3.63, 3.8) is 0 Å². The molecule has 1 amide bonds. The highest BCUT2D eigenvalue weighted by molar-refractivity contribution is 6.30. The fourth-order valence-electron chi connectivity index (χ4n) is 1.64. The molecule has 0 aliphatic heterocycles. The summed E-state index contributed by atoms with van der Waals surface area (Å²) in [5, 5.41) is 3.55. The Bertz CT molecular complexity index is 453. The van der Waals surface area contributed by atoms with Gasteiger partial charge in [0.1, 0.15) is 5.75 Å². The van der Waals surface area contributed by atoms with Gasteiger partial charge >= 0.3 is 0 Å². The number of hydrogen-bond acceptors (Lipinski definition) is 3. The first-order chi connectivity index (χ1) is 9.41. The van der Waals surface area contributed by atoms with Gasteiger partial charge in [0.2, 0.25) is 5.91 Å². The van der Waals surface area contributed by atoms with E-state index in [0.29, 0.717) is 18.2 Å².